The molecule has 4 rings (SSSR count). The molecular weight excluding hydrogens is 238 g/mol. The molecule has 0 N–H and O–H groups in total. The van der Waals surface area contributed by atoms with Crippen molar-refractivity contribution in [2.45, 2.75) is 57.4 Å². The molecule has 2 heterocycles. The van der Waals surface area contributed by atoms with Crippen molar-refractivity contribution in [1.82, 2.24) is 20.2 Å². The van der Waals surface area contributed by atoms with Gasteiger partial charge >= 0.3 is 0 Å². The Bertz CT molecular complexity index is 433. The number of anilines is 1. The maximum Gasteiger partial charge on any atom is 0.245 e. The number of nitrogens with zero attached hydrogens (tertiary/aromatic N) is 5. The van der Waals surface area contributed by atoms with Gasteiger partial charge in [0.15, 0.2) is 0 Å². The van der Waals surface area contributed by atoms with E-state index in [1.807, 2.05) is 0 Å². The number of hydrogen-bond acceptors (Lipinski definition) is 4. The third-order valence-electron chi connectivity index (χ3n) is 5.19. The lowest BCUT2D eigenvalue weighted by Crippen LogP contribution is -2.26. The molecule has 0 amide bonds. The molecule has 2 aliphatic carbocycles. The van der Waals surface area contributed by atoms with Crippen molar-refractivity contribution >= 4 is 5.95 Å². The zero-order chi connectivity index (χ0) is 12.7. The predicted octanol–water partition coefficient (Wildman–Crippen LogP) is 2.41. The molecule has 1 saturated heterocycles. The van der Waals surface area contributed by atoms with Crippen molar-refractivity contribution in [1.29, 1.82) is 0 Å². The van der Waals surface area contributed by atoms with Crippen molar-refractivity contribution in [2.75, 3.05) is 18.0 Å². The second-order valence-electron chi connectivity index (χ2n) is 6.55. The van der Waals surface area contributed by atoms with E-state index in [0.717, 1.165) is 24.3 Å². The summed E-state index contributed by atoms with van der Waals surface area (Å²) in [6, 6.07) is 0.540. The summed E-state index contributed by atoms with van der Waals surface area (Å²) in [5.74, 6) is 2.94. The van der Waals surface area contributed by atoms with Crippen LogP contribution in [0, 0.1) is 11.8 Å². The van der Waals surface area contributed by atoms with Gasteiger partial charge in [-0.1, -0.05) is 24.4 Å². The number of tetrazole rings is 1. The lowest BCUT2D eigenvalue weighted by molar-refractivity contribution is 0.325. The Labute approximate surface area is 114 Å². The van der Waals surface area contributed by atoms with Gasteiger partial charge in [0.25, 0.3) is 0 Å². The molecule has 104 valence electrons. The highest BCUT2D eigenvalue weighted by atomic mass is 15.6. The second-order valence-corrected chi connectivity index (χ2v) is 6.55. The largest absolute Gasteiger partial charge is 0.339 e. The topological polar surface area (TPSA) is 46.8 Å². The summed E-state index contributed by atoms with van der Waals surface area (Å²) >= 11 is 0. The first-order chi connectivity index (χ1) is 9.42. The highest BCUT2D eigenvalue weighted by Gasteiger charge is 2.37. The Balaban J connectivity index is 1.50. The van der Waals surface area contributed by atoms with E-state index in [0.29, 0.717) is 6.04 Å². The molecule has 1 aromatic heterocycles. The number of aromatic nitrogens is 4. The summed E-state index contributed by atoms with van der Waals surface area (Å²) in [5.41, 5.74) is 0. The molecule has 3 fully saturated rings. The van der Waals surface area contributed by atoms with Crippen LogP contribution in [0.3, 0.4) is 0 Å². The van der Waals surface area contributed by atoms with Crippen molar-refractivity contribution in [3.63, 3.8) is 0 Å². The molecule has 1 unspecified atom stereocenters. The third-order valence-corrected chi connectivity index (χ3v) is 5.19. The van der Waals surface area contributed by atoms with Crippen LogP contribution in [-0.4, -0.2) is 33.3 Å². The van der Waals surface area contributed by atoms with Crippen LogP contribution >= 0.6 is 0 Å². The van der Waals surface area contributed by atoms with Crippen molar-refractivity contribution in [2.24, 2.45) is 11.8 Å². The van der Waals surface area contributed by atoms with Gasteiger partial charge in [0.1, 0.15) is 0 Å². The van der Waals surface area contributed by atoms with Crippen molar-refractivity contribution < 1.29 is 0 Å². The zero-order valence-electron chi connectivity index (χ0n) is 11.5. The molecule has 1 aromatic rings. The van der Waals surface area contributed by atoms with Gasteiger partial charge in [0, 0.05) is 13.1 Å². The van der Waals surface area contributed by atoms with E-state index >= 15 is 0 Å². The fraction of sp³-hybridized carbons (Fsp3) is 0.929. The highest BCUT2D eigenvalue weighted by molar-refractivity contribution is 5.31. The van der Waals surface area contributed by atoms with Crippen LogP contribution in [0.2, 0.25) is 0 Å². The van der Waals surface area contributed by atoms with Crippen LogP contribution in [0.15, 0.2) is 0 Å². The van der Waals surface area contributed by atoms with Crippen LogP contribution in [0.1, 0.15) is 57.4 Å². The fourth-order valence-corrected chi connectivity index (χ4v) is 3.88. The van der Waals surface area contributed by atoms with Crippen molar-refractivity contribution in [3.8, 4) is 0 Å². The van der Waals surface area contributed by atoms with Crippen LogP contribution in [0.4, 0.5) is 5.95 Å². The average molecular weight is 261 g/mol. The Morgan fingerprint density at radius 3 is 2.53 bits per heavy atom. The van der Waals surface area contributed by atoms with Crippen LogP contribution < -0.4 is 4.90 Å². The lowest BCUT2D eigenvalue weighted by Gasteiger charge is -2.25. The molecule has 3 aliphatic rings. The molecule has 19 heavy (non-hydrogen) atoms. The number of hydrogen-bond donors (Lipinski definition) is 0. The first kappa shape index (κ1) is 11.7. The smallest absolute Gasteiger partial charge is 0.245 e. The Kier molecular flexibility index (Phi) is 2.93. The second kappa shape index (κ2) is 4.76. The predicted molar refractivity (Wildman–Crippen MR) is 73.0 cm³/mol. The van der Waals surface area contributed by atoms with Gasteiger partial charge in [-0.05, 0) is 54.4 Å². The first-order valence-electron chi connectivity index (χ1n) is 7.94. The standard InChI is InChI=1S/C14H23N5/c1-2-4-13(5-3-1)19-14(15-16-17-19)18-9-8-12(10-18)11-6-7-11/h11-13H,1-10H2. The van der Waals surface area contributed by atoms with Gasteiger partial charge in [0.05, 0.1) is 6.04 Å². The van der Waals surface area contributed by atoms with Gasteiger partial charge in [-0.3, -0.25) is 0 Å². The van der Waals surface area contributed by atoms with Gasteiger partial charge in [0.2, 0.25) is 5.95 Å². The van der Waals surface area contributed by atoms with E-state index in [9.17, 15) is 0 Å². The van der Waals surface area contributed by atoms with Gasteiger partial charge < -0.3 is 4.90 Å². The Hall–Kier alpha value is -1.13. The quantitative estimate of drug-likeness (QED) is 0.838. The van der Waals surface area contributed by atoms with E-state index in [2.05, 4.69) is 25.1 Å². The molecule has 1 atom stereocenters. The molecule has 0 aromatic carbocycles. The van der Waals surface area contributed by atoms with Gasteiger partial charge in [-0.15, -0.1) is 0 Å². The number of rotatable bonds is 3. The Morgan fingerprint density at radius 2 is 1.74 bits per heavy atom. The van der Waals surface area contributed by atoms with Gasteiger partial charge in [-0.2, -0.15) is 0 Å². The molecule has 0 bridgehead atoms. The summed E-state index contributed by atoms with van der Waals surface area (Å²) in [7, 11) is 0. The minimum atomic E-state index is 0.540. The van der Waals surface area contributed by atoms with Crippen LogP contribution in [0.25, 0.3) is 0 Å². The van der Waals surface area contributed by atoms with Crippen LogP contribution in [0.5, 0.6) is 0 Å². The fourth-order valence-electron chi connectivity index (χ4n) is 3.88. The summed E-state index contributed by atoms with van der Waals surface area (Å²) in [6.07, 6.45) is 10.8. The summed E-state index contributed by atoms with van der Waals surface area (Å²) < 4.78 is 2.12. The monoisotopic (exact) mass is 261 g/mol. The maximum absolute atomic E-state index is 4.32. The average Bonchev–Trinajstić information content (AvgIpc) is 3.02. The van der Waals surface area contributed by atoms with Crippen LogP contribution in [-0.2, 0) is 0 Å². The molecule has 5 heteroatoms. The van der Waals surface area contributed by atoms with E-state index in [-0.39, 0.29) is 0 Å². The molecule has 2 saturated carbocycles. The third kappa shape index (κ3) is 2.23. The minimum absolute atomic E-state index is 0.540. The van der Waals surface area contributed by atoms with E-state index in [1.165, 1.54) is 57.9 Å². The summed E-state index contributed by atoms with van der Waals surface area (Å²) in [4.78, 5) is 2.43. The first-order valence-corrected chi connectivity index (χ1v) is 7.94. The van der Waals surface area contributed by atoms with E-state index < -0.39 is 0 Å². The SMILES string of the molecule is C1CCC(n2nnnc2N2CCC(C3CC3)C2)CC1. The molecule has 0 radical (unpaired) electrons. The molecule has 0 spiro atoms. The van der Waals surface area contributed by atoms with E-state index in [1.54, 1.807) is 0 Å². The highest BCUT2D eigenvalue weighted by Crippen LogP contribution is 2.42. The molecule has 1 aliphatic heterocycles. The van der Waals surface area contributed by atoms with Crippen molar-refractivity contribution in [3.05, 3.63) is 0 Å². The summed E-state index contributed by atoms with van der Waals surface area (Å²) in [6.45, 7) is 2.33. The molecule has 5 nitrogen and oxygen atoms in total. The minimum Gasteiger partial charge on any atom is -0.339 e. The zero-order valence-corrected chi connectivity index (χ0v) is 11.5. The molecular formula is C14H23N5. The lowest BCUT2D eigenvalue weighted by atomic mass is 9.96. The van der Waals surface area contributed by atoms with E-state index in [4.69, 9.17) is 0 Å². The maximum atomic E-state index is 4.32. The Morgan fingerprint density at radius 1 is 0.895 bits per heavy atom. The summed E-state index contributed by atoms with van der Waals surface area (Å²) in [5, 5.41) is 12.5. The van der Waals surface area contributed by atoms with Gasteiger partial charge in [-0.25, -0.2) is 4.68 Å². The normalized spacial score (nSPS) is 29.1.